The number of benzene rings is 1. The van der Waals surface area contributed by atoms with Crippen molar-refractivity contribution in [2.45, 2.75) is 44.9 Å². The first-order chi connectivity index (χ1) is 12.5. The highest BCUT2D eigenvalue weighted by Crippen LogP contribution is 2.33. The van der Waals surface area contributed by atoms with Crippen LogP contribution in [0, 0.1) is 5.92 Å². The number of carbonyl (C=O) groups excluding carboxylic acids is 2. The third-order valence-corrected chi connectivity index (χ3v) is 4.84. The Hall–Kier alpha value is -2.64. The van der Waals surface area contributed by atoms with Crippen molar-refractivity contribution in [1.82, 2.24) is 10.2 Å². The lowest BCUT2D eigenvalue weighted by Crippen LogP contribution is -2.55. The molecule has 1 aromatic rings. The molecule has 0 saturated carbocycles. The van der Waals surface area contributed by atoms with Gasteiger partial charge in [0.25, 0.3) is 0 Å². The smallest absolute Gasteiger partial charge is 0.407 e. The largest absolute Gasteiger partial charge is 0.453 e. The van der Waals surface area contributed by atoms with Crippen LogP contribution in [-0.4, -0.2) is 48.8 Å². The van der Waals surface area contributed by atoms with E-state index in [1.807, 2.05) is 43.0 Å². The first-order valence-electron chi connectivity index (χ1n) is 8.92. The standard InChI is InChI=1S/C18H25N5O3/c1-11(2)15(20-18(25)26-3)17(24)23-10-6-9-14(23)16-19-12-7-4-5-8-13(12)21-22-16/h4-5,7-8,11,14-16,19H,6,9-10H2,1-3H3,(H,20,25)/t14-,15-,16?/m0/s1. The minimum Gasteiger partial charge on any atom is -0.453 e. The van der Waals surface area contributed by atoms with Crippen LogP contribution < -0.4 is 10.6 Å². The molecule has 2 aliphatic rings. The molecule has 3 rings (SSSR count). The second-order valence-electron chi connectivity index (χ2n) is 6.92. The normalized spacial score (nSPS) is 22.5. The fraction of sp³-hybridized carbons (Fsp3) is 0.556. The van der Waals surface area contributed by atoms with E-state index in [0.717, 1.165) is 24.2 Å². The van der Waals surface area contributed by atoms with Crippen molar-refractivity contribution < 1.29 is 14.3 Å². The number of anilines is 1. The fourth-order valence-electron chi connectivity index (χ4n) is 3.44. The molecule has 140 valence electrons. The van der Waals surface area contributed by atoms with Gasteiger partial charge in [-0.3, -0.25) is 4.79 Å². The summed E-state index contributed by atoms with van der Waals surface area (Å²) in [6.45, 7) is 4.45. The van der Waals surface area contributed by atoms with Crippen LogP contribution in [0.5, 0.6) is 0 Å². The number of rotatable bonds is 4. The molecule has 0 aromatic heterocycles. The minimum absolute atomic E-state index is 0.0514. The number of carbonyl (C=O) groups is 2. The monoisotopic (exact) mass is 359 g/mol. The maximum Gasteiger partial charge on any atom is 0.407 e. The van der Waals surface area contributed by atoms with Gasteiger partial charge < -0.3 is 20.3 Å². The molecule has 1 unspecified atom stereocenters. The van der Waals surface area contributed by atoms with E-state index in [2.05, 4.69) is 25.6 Å². The number of para-hydroxylation sites is 1. The fourth-order valence-corrected chi connectivity index (χ4v) is 3.44. The Labute approximate surface area is 153 Å². The number of methoxy groups -OCH3 is 1. The summed E-state index contributed by atoms with van der Waals surface area (Å²) in [6.07, 6.45) is 0.849. The zero-order valence-corrected chi connectivity index (χ0v) is 15.3. The van der Waals surface area contributed by atoms with Gasteiger partial charge in [0.15, 0.2) is 6.17 Å². The molecule has 2 amide bonds. The number of nitrogens with one attached hydrogen (secondary N) is 2. The lowest BCUT2D eigenvalue weighted by atomic mass is 10.0. The van der Waals surface area contributed by atoms with Crippen molar-refractivity contribution in [3.63, 3.8) is 0 Å². The van der Waals surface area contributed by atoms with Gasteiger partial charge in [-0.1, -0.05) is 26.0 Å². The van der Waals surface area contributed by atoms with Crippen LogP contribution in [0.1, 0.15) is 26.7 Å². The SMILES string of the molecule is COC(=O)N[C@H](C(=O)N1CCC[C@H]1C1N=Nc2ccccc2N1)C(C)C. The maximum absolute atomic E-state index is 13.1. The predicted molar refractivity (Wildman–Crippen MR) is 97.3 cm³/mol. The van der Waals surface area contributed by atoms with Crippen LogP contribution in [0.3, 0.4) is 0 Å². The maximum atomic E-state index is 13.1. The van der Waals surface area contributed by atoms with Gasteiger partial charge in [-0.2, -0.15) is 10.2 Å². The molecule has 0 spiro atoms. The average molecular weight is 359 g/mol. The number of nitrogens with zero attached hydrogens (tertiary/aromatic N) is 3. The van der Waals surface area contributed by atoms with Gasteiger partial charge in [-0.05, 0) is 30.9 Å². The summed E-state index contributed by atoms with van der Waals surface area (Å²) in [5.41, 5.74) is 1.71. The lowest BCUT2D eigenvalue weighted by Gasteiger charge is -2.34. The Bertz CT molecular complexity index is 706. The van der Waals surface area contributed by atoms with Crippen molar-refractivity contribution in [3.8, 4) is 0 Å². The summed E-state index contributed by atoms with van der Waals surface area (Å²) in [6, 6.07) is 6.98. The van der Waals surface area contributed by atoms with Crippen LogP contribution in [0.25, 0.3) is 0 Å². The second kappa shape index (κ2) is 7.72. The summed E-state index contributed by atoms with van der Waals surface area (Å²) in [5.74, 6) is -0.159. The predicted octanol–water partition coefficient (Wildman–Crippen LogP) is 2.89. The Morgan fingerprint density at radius 1 is 1.35 bits per heavy atom. The molecular formula is C18H25N5O3. The third-order valence-electron chi connectivity index (χ3n) is 4.84. The minimum atomic E-state index is -0.629. The van der Waals surface area contributed by atoms with E-state index < -0.39 is 12.1 Å². The Morgan fingerprint density at radius 3 is 2.85 bits per heavy atom. The summed E-state index contributed by atoms with van der Waals surface area (Å²) < 4.78 is 4.66. The summed E-state index contributed by atoms with van der Waals surface area (Å²) in [7, 11) is 1.29. The van der Waals surface area contributed by atoms with E-state index in [1.54, 1.807) is 0 Å². The highest BCUT2D eigenvalue weighted by Gasteiger charge is 2.40. The molecule has 1 aromatic carbocycles. The molecule has 0 radical (unpaired) electrons. The number of hydrogen-bond acceptors (Lipinski definition) is 6. The molecule has 0 bridgehead atoms. The van der Waals surface area contributed by atoms with Crippen molar-refractivity contribution in [2.24, 2.45) is 16.1 Å². The number of amides is 2. The molecule has 1 fully saturated rings. The number of ether oxygens (including phenoxy) is 1. The van der Waals surface area contributed by atoms with Gasteiger partial charge in [-0.25, -0.2) is 4.79 Å². The average Bonchev–Trinajstić information content (AvgIpc) is 3.14. The highest BCUT2D eigenvalue weighted by atomic mass is 16.5. The Kier molecular flexibility index (Phi) is 5.39. The molecule has 2 aliphatic heterocycles. The number of fused-ring (bicyclic) bond motifs is 1. The zero-order chi connectivity index (χ0) is 18.7. The molecular weight excluding hydrogens is 334 g/mol. The molecule has 8 nitrogen and oxygen atoms in total. The highest BCUT2D eigenvalue weighted by molar-refractivity contribution is 5.86. The zero-order valence-electron chi connectivity index (χ0n) is 15.3. The molecule has 1 saturated heterocycles. The molecule has 0 aliphatic carbocycles. The quantitative estimate of drug-likeness (QED) is 0.864. The molecule has 3 atom stereocenters. The van der Waals surface area contributed by atoms with Gasteiger partial charge in [0, 0.05) is 6.54 Å². The number of alkyl carbamates (subject to hydrolysis) is 1. The van der Waals surface area contributed by atoms with E-state index >= 15 is 0 Å². The van der Waals surface area contributed by atoms with Crippen LogP contribution >= 0.6 is 0 Å². The number of hydrogen-bond donors (Lipinski definition) is 2. The number of likely N-dealkylation sites (tertiary alicyclic amines) is 1. The van der Waals surface area contributed by atoms with Gasteiger partial charge in [0.1, 0.15) is 11.7 Å². The van der Waals surface area contributed by atoms with E-state index in [-0.39, 0.29) is 24.0 Å². The molecule has 26 heavy (non-hydrogen) atoms. The first kappa shape index (κ1) is 18.2. The van der Waals surface area contributed by atoms with Crippen LogP contribution in [-0.2, 0) is 9.53 Å². The molecule has 8 heteroatoms. The number of azo groups is 1. The van der Waals surface area contributed by atoms with Crippen LogP contribution in [0.15, 0.2) is 34.5 Å². The molecule has 2 N–H and O–H groups in total. The van der Waals surface area contributed by atoms with E-state index in [0.29, 0.717) is 6.54 Å². The Balaban J connectivity index is 1.75. The van der Waals surface area contributed by atoms with Crippen molar-refractivity contribution in [3.05, 3.63) is 24.3 Å². The van der Waals surface area contributed by atoms with Crippen LogP contribution in [0.2, 0.25) is 0 Å². The van der Waals surface area contributed by atoms with E-state index in [1.165, 1.54) is 7.11 Å². The summed E-state index contributed by atoms with van der Waals surface area (Å²) in [5, 5.41) is 14.7. The van der Waals surface area contributed by atoms with Gasteiger partial charge >= 0.3 is 6.09 Å². The third kappa shape index (κ3) is 3.63. The van der Waals surface area contributed by atoms with Gasteiger partial charge in [0.2, 0.25) is 5.91 Å². The van der Waals surface area contributed by atoms with Crippen LogP contribution in [0.4, 0.5) is 16.2 Å². The molecule has 2 heterocycles. The second-order valence-corrected chi connectivity index (χ2v) is 6.92. The van der Waals surface area contributed by atoms with Crippen molar-refractivity contribution in [1.29, 1.82) is 0 Å². The van der Waals surface area contributed by atoms with Crippen molar-refractivity contribution in [2.75, 3.05) is 19.0 Å². The van der Waals surface area contributed by atoms with E-state index in [9.17, 15) is 9.59 Å². The lowest BCUT2D eigenvalue weighted by molar-refractivity contribution is -0.135. The van der Waals surface area contributed by atoms with Crippen molar-refractivity contribution >= 4 is 23.4 Å². The van der Waals surface area contributed by atoms with Gasteiger partial charge in [0.05, 0.1) is 18.8 Å². The first-order valence-corrected chi connectivity index (χ1v) is 8.92. The van der Waals surface area contributed by atoms with Gasteiger partial charge in [-0.15, -0.1) is 0 Å². The van der Waals surface area contributed by atoms with E-state index in [4.69, 9.17) is 0 Å². The Morgan fingerprint density at radius 2 is 2.12 bits per heavy atom. The summed E-state index contributed by atoms with van der Waals surface area (Å²) in [4.78, 5) is 26.5. The topological polar surface area (TPSA) is 95.4 Å². The summed E-state index contributed by atoms with van der Waals surface area (Å²) >= 11 is 0.